The Hall–Kier alpha value is -2.32. The molecule has 1 aromatic carbocycles. The summed E-state index contributed by atoms with van der Waals surface area (Å²) in [4.78, 5) is 26.2. The minimum atomic E-state index is -0.376. The van der Waals surface area contributed by atoms with E-state index in [-0.39, 0.29) is 25.0 Å². The molecule has 0 saturated carbocycles. The SMILES string of the molecule is C#CCN1CC(=O)N(c2ccc(CN)cc2)C1=O. The van der Waals surface area contributed by atoms with E-state index in [4.69, 9.17) is 12.2 Å². The van der Waals surface area contributed by atoms with Crippen LogP contribution in [-0.4, -0.2) is 29.9 Å². The van der Waals surface area contributed by atoms with Gasteiger partial charge in [0.25, 0.3) is 5.91 Å². The van der Waals surface area contributed by atoms with Crippen LogP contribution in [0, 0.1) is 12.3 Å². The van der Waals surface area contributed by atoms with Crippen molar-refractivity contribution in [1.82, 2.24) is 4.90 Å². The molecule has 5 heteroatoms. The van der Waals surface area contributed by atoms with Gasteiger partial charge >= 0.3 is 6.03 Å². The van der Waals surface area contributed by atoms with Gasteiger partial charge in [-0.3, -0.25) is 4.79 Å². The number of hydrogen-bond donors (Lipinski definition) is 1. The second-order valence-corrected chi connectivity index (χ2v) is 3.94. The largest absolute Gasteiger partial charge is 0.332 e. The molecule has 0 aromatic heterocycles. The van der Waals surface area contributed by atoms with Crippen molar-refractivity contribution in [1.29, 1.82) is 0 Å². The van der Waals surface area contributed by atoms with Crippen LogP contribution in [-0.2, 0) is 11.3 Å². The molecule has 0 radical (unpaired) electrons. The fraction of sp³-hybridized carbons (Fsp3) is 0.231. The Morgan fingerprint density at radius 1 is 1.28 bits per heavy atom. The van der Waals surface area contributed by atoms with Crippen molar-refractivity contribution in [3.8, 4) is 12.3 Å². The Bertz CT molecular complexity index is 516. The van der Waals surface area contributed by atoms with Crippen molar-refractivity contribution in [3.05, 3.63) is 29.8 Å². The van der Waals surface area contributed by atoms with Gasteiger partial charge in [-0.25, -0.2) is 9.69 Å². The average molecular weight is 243 g/mol. The third-order valence-electron chi connectivity index (χ3n) is 2.75. The molecular weight excluding hydrogens is 230 g/mol. The monoisotopic (exact) mass is 243 g/mol. The number of carbonyl (C=O) groups is 2. The standard InChI is InChI=1S/C13H13N3O2/c1-2-7-15-9-12(17)16(13(15)18)11-5-3-10(8-14)4-6-11/h1,3-6H,7-9,14H2. The smallest absolute Gasteiger partial charge is 0.326 e. The Kier molecular flexibility index (Phi) is 3.31. The number of nitrogens with zero attached hydrogens (tertiary/aromatic N) is 2. The first-order chi connectivity index (χ1) is 8.67. The second kappa shape index (κ2) is 4.90. The number of hydrogen-bond acceptors (Lipinski definition) is 3. The molecule has 1 aliphatic heterocycles. The number of nitrogens with two attached hydrogens (primary N) is 1. The van der Waals surface area contributed by atoms with Crippen LogP contribution in [0.15, 0.2) is 24.3 Å². The number of imide groups is 1. The summed E-state index contributed by atoms with van der Waals surface area (Å²) < 4.78 is 0. The molecule has 5 nitrogen and oxygen atoms in total. The Morgan fingerprint density at radius 3 is 2.50 bits per heavy atom. The zero-order valence-corrected chi connectivity index (χ0v) is 9.80. The van der Waals surface area contributed by atoms with Crippen LogP contribution >= 0.6 is 0 Å². The van der Waals surface area contributed by atoms with Crippen LogP contribution in [0.5, 0.6) is 0 Å². The van der Waals surface area contributed by atoms with Gasteiger partial charge < -0.3 is 10.6 Å². The molecule has 1 aromatic rings. The summed E-state index contributed by atoms with van der Waals surface area (Å²) in [6, 6.07) is 6.62. The van der Waals surface area contributed by atoms with Crippen molar-refractivity contribution in [2.75, 3.05) is 18.0 Å². The molecule has 1 fully saturated rings. The molecule has 18 heavy (non-hydrogen) atoms. The number of carbonyl (C=O) groups excluding carboxylic acids is 2. The lowest BCUT2D eigenvalue weighted by molar-refractivity contribution is -0.116. The van der Waals surface area contributed by atoms with E-state index in [9.17, 15) is 9.59 Å². The van der Waals surface area contributed by atoms with Gasteiger partial charge in [0.1, 0.15) is 6.54 Å². The van der Waals surface area contributed by atoms with E-state index in [2.05, 4.69) is 5.92 Å². The Morgan fingerprint density at radius 2 is 1.94 bits per heavy atom. The Labute approximate surface area is 105 Å². The highest BCUT2D eigenvalue weighted by atomic mass is 16.2. The zero-order valence-electron chi connectivity index (χ0n) is 9.80. The van der Waals surface area contributed by atoms with Crippen LogP contribution in [0.25, 0.3) is 0 Å². The first kappa shape index (κ1) is 12.1. The van der Waals surface area contributed by atoms with E-state index in [1.165, 1.54) is 4.90 Å². The van der Waals surface area contributed by atoms with E-state index in [1.807, 2.05) is 0 Å². The van der Waals surface area contributed by atoms with E-state index in [0.29, 0.717) is 12.2 Å². The summed E-state index contributed by atoms with van der Waals surface area (Å²) in [5, 5.41) is 0. The molecule has 2 N–H and O–H groups in total. The molecule has 0 aliphatic carbocycles. The highest BCUT2D eigenvalue weighted by Gasteiger charge is 2.36. The summed E-state index contributed by atoms with van der Waals surface area (Å²) in [5.41, 5.74) is 6.98. The molecular formula is C13H13N3O2. The van der Waals surface area contributed by atoms with Gasteiger partial charge in [-0.2, -0.15) is 0 Å². The fourth-order valence-electron chi connectivity index (χ4n) is 1.82. The summed E-state index contributed by atoms with van der Waals surface area (Å²) >= 11 is 0. The van der Waals surface area contributed by atoms with Crippen LogP contribution in [0.3, 0.4) is 0 Å². The summed E-state index contributed by atoms with van der Waals surface area (Å²) in [6.07, 6.45) is 5.15. The minimum absolute atomic E-state index is 0.0294. The number of amides is 3. The van der Waals surface area contributed by atoms with Crippen molar-refractivity contribution in [2.45, 2.75) is 6.54 Å². The predicted molar refractivity (Wildman–Crippen MR) is 67.6 cm³/mol. The quantitative estimate of drug-likeness (QED) is 0.622. The lowest BCUT2D eigenvalue weighted by atomic mass is 10.2. The maximum absolute atomic E-state index is 12.0. The predicted octanol–water partition coefficient (Wildman–Crippen LogP) is 0.547. The molecule has 92 valence electrons. The lowest BCUT2D eigenvalue weighted by Crippen LogP contribution is -2.33. The number of terminal acetylenes is 1. The van der Waals surface area contributed by atoms with Gasteiger partial charge in [0.05, 0.1) is 12.2 Å². The number of rotatable bonds is 3. The first-order valence-corrected chi connectivity index (χ1v) is 5.51. The third-order valence-corrected chi connectivity index (χ3v) is 2.75. The van der Waals surface area contributed by atoms with E-state index in [0.717, 1.165) is 10.5 Å². The summed E-state index contributed by atoms with van der Waals surface area (Å²) in [6.45, 7) is 0.592. The fourth-order valence-corrected chi connectivity index (χ4v) is 1.82. The van der Waals surface area contributed by atoms with Gasteiger partial charge in [-0.05, 0) is 17.7 Å². The van der Waals surface area contributed by atoms with E-state index >= 15 is 0 Å². The highest BCUT2D eigenvalue weighted by molar-refractivity contribution is 6.19. The van der Waals surface area contributed by atoms with Crippen molar-refractivity contribution >= 4 is 17.6 Å². The van der Waals surface area contributed by atoms with Crippen LogP contribution in [0.1, 0.15) is 5.56 Å². The molecule has 1 heterocycles. The lowest BCUT2D eigenvalue weighted by Gasteiger charge is -2.15. The second-order valence-electron chi connectivity index (χ2n) is 3.94. The van der Waals surface area contributed by atoms with Crippen molar-refractivity contribution in [3.63, 3.8) is 0 Å². The maximum Gasteiger partial charge on any atom is 0.332 e. The topological polar surface area (TPSA) is 66.6 Å². The summed E-state index contributed by atoms with van der Waals surface area (Å²) in [5.74, 6) is 2.09. The number of benzene rings is 1. The van der Waals surface area contributed by atoms with E-state index < -0.39 is 0 Å². The summed E-state index contributed by atoms with van der Waals surface area (Å²) in [7, 11) is 0. The van der Waals surface area contributed by atoms with Crippen LogP contribution in [0.4, 0.5) is 10.5 Å². The minimum Gasteiger partial charge on any atom is -0.326 e. The molecule has 0 unspecified atom stereocenters. The van der Waals surface area contributed by atoms with Gasteiger partial charge in [-0.15, -0.1) is 6.42 Å². The van der Waals surface area contributed by atoms with Crippen molar-refractivity contribution < 1.29 is 9.59 Å². The molecule has 2 rings (SSSR count). The first-order valence-electron chi connectivity index (χ1n) is 5.51. The highest BCUT2D eigenvalue weighted by Crippen LogP contribution is 2.21. The Balaban J connectivity index is 2.25. The van der Waals surface area contributed by atoms with Gasteiger partial charge in [0, 0.05) is 6.54 Å². The molecule has 0 atom stereocenters. The van der Waals surface area contributed by atoms with Gasteiger partial charge in [0.15, 0.2) is 0 Å². The molecule has 0 spiro atoms. The zero-order chi connectivity index (χ0) is 13.1. The average Bonchev–Trinajstić information content (AvgIpc) is 2.65. The van der Waals surface area contributed by atoms with E-state index in [1.54, 1.807) is 24.3 Å². The molecule has 3 amide bonds. The number of urea groups is 1. The molecule has 1 aliphatic rings. The van der Waals surface area contributed by atoms with Crippen LogP contribution in [0.2, 0.25) is 0 Å². The normalized spacial score (nSPS) is 15.1. The van der Waals surface area contributed by atoms with Gasteiger partial charge in [-0.1, -0.05) is 18.1 Å². The van der Waals surface area contributed by atoms with Gasteiger partial charge in [0.2, 0.25) is 0 Å². The number of anilines is 1. The maximum atomic E-state index is 12.0. The molecule has 0 bridgehead atoms. The third kappa shape index (κ3) is 2.06. The molecule has 1 saturated heterocycles. The van der Waals surface area contributed by atoms with Crippen molar-refractivity contribution in [2.24, 2.45) is 5.73 Å². The van der Waals surface area contributed by atoms with Crippen LogP contribution < -0.4 is 10.6 Å².